The highest BCUT2D eigenvalue weighted by molar-refractivity contribution is 6.31. The van der Waals surface area contributed by atoms with Gasteiger partial charge in [0.05, 0.1) is 11.6 Å². The predicted octanol–water partition coefficient (Wildman–Crippen LogP) is 3.03. The zero-order valence-corrected chi connectivity index (χ0v) is 12.8. The molecule has 1 aliphatic rings. The normalized spacial score (nSPS) is 16.3. The summed E-state index contributed by atoms with van der Waals surface area (Å²) in [6.07, 6.45) is 2.52. The van der Waals surface area contributed by atoms with Crippen molar-refractivity contribution in [1.82, 2.24) is 10.2 Å². The van der Waals surface area contributed by atoms with Gasteiger partial charge in [-0.3, -0.25) is 4.90 Å². The van der Waals surface area contributed by atoms with Gasteiger partial charge in [-0.2, -0.15) is 5.26 Å². The average Bonchev–Trinajstić information content (AvgIpc) is 2.49. The van der Waals surface area contributed by atoms with Crippen LogP contribution in [-0.4, -0.2) is 31.1 Å². The van der Waals surface area contributed by atoms with E-state index in [0.29, 0.717) is 10.6 Å². The number of hydrogen-bond donors (Lipinski definition) is 1. The number of nitrogens with zero attached hydrogens (tertiary/aromatic N) is 2. The van der Waals surface area contributed by atoms with Crippen LogP contribution in [0, 0.1) is 17.2 Å². The second-order valence-corrected chi connectivity index (χ2v) is 5.85. The summed E-state index contributed by atoms with van der Waals surface area (Å²) in [7, 11) is 0. The Morgan fingerprint density at radius 2 is 2.15 bits per heavy atom. The Morgan fingerprint density at radius 1 is 1.40 bits per heavy atom. The van der Waals surface area contributed by atoms with Gasteiger partial charge in [0.15, 0.2) is 0 Å². The molecular weight excluding hydrogens is 270 g/mol. The van der Waals surface area contributed by atoms with Crippen LogP contribution in [0.25, 0.3) is 0 Å². The van der Waals surface area contributed by atoms with Crippen LogP contribution < -0.4 is 5.32 Å². The Hall–Kier alpha value is -1.08. The maximum Gasteiger partial charge on any atom is 0.0992 e. The predicted molar refractivity (Wildman–Crippen MR) is 82.7 cm³/mol. The zero-order chi connectivity index (χ0) is 14.4. The second-order valence-electron chi connectivity index (χ2n) is 5.44. The third kappa shape index (κ3) is 4.21. The van der Waals surface area contributed by atoms with Gasteiger partial charge in [0, 0.05) is 18.1 Å². The van der Waals surface area contributed by atoms with Gasteiger partial charge in [-0.15, -0.1) is 0 Å². The van der Waals surface area contributed by atoms with Crippen molar-refractivity contribution in [2.75, 3.05) is 26.2 Å². The Labute approximate surface area is 126 Å². The molecular formula is C16H22ClN3. The molecule has 0 saturated carbocycles. The summed E-state index contributed by atoms with van der Waals surface area (Å²) >= 11 is 6.26. The van der Waals surface area contributed by atoms with Gasteiger partial charge in [0.1, 0.15) is 0 Å². The smallest absolute Gasteiger partial charge is 0.0992 e. The van der Waals surface area contributed by atoms with Crippen molar-refractivity contribution in [1.29, 1.82) is 5.26 Å². The van der Waals surface area contributed by atoms with Gasteiger partial charge >= 0.3 is 0 Å². The highest BCUT2D eigenvalue weighted by atomic mass is 35.5. The summed E-state index contributed by atoms with van der Waals surface area (Å²) in [4.78, 5) is 2.45. The van der Waals surface area contributed by atoms with Crippen LogP contribution in [0.2, 0.25) is 5.02 Å². The van der Waals surface area contributed by atoms with Gasteiger partial charge in [0.25, 0.3) is 0 Å². The Bertz CT molecular complexity index is 475. The molecule has 2 rings (SSSR count). The molecule has 1 aliphatic heterocycles. The number of piperidine rings is 1. The molecule has 1 fully saturated rings. The van der Waals surface area contributed by atoms with Crippen LogP contribution in [0.4, 0.5) is 0 Å². The van der Waals surface area contributed by atoms with Crippen molar-refractivity contribution >= 4 is 11.6 Å². The lowest BCUT2D eigenvalue weighted by molar-refractivity contribution is 0.207. The molecule has 1 aromatic carbocycles. The van der Waals surface area contributed by atoms with Gasteiger partial charge in [-0.05, 0) is 56.1 Å². The fourth-order valence-corrected chi connectivity index (χ4v) is 2.96. The van der Waals surface area contributed by atoms with E-state index in [9.17, 15) is 0 Å². The monoisotopic (exact) mass is 291 g/mol. The quantitative estimate of drug-likeness (QED) is 0.906. The number of nitriles is 1. The first kappa shape index (κ1) is 15.3. The van der Waals surface area contributed by atoms with E-state index in [1.165, 1.54) is 12.8 Å². The van der Waals surface area contributed by atoms with Crippen molar-refractivity contribution in [3.05, 3.63) is 34.3 Å². The van der Waals surface area contributed by atoms with E-state index < -0.39 is 0 Å². The SMILES string of the molecule is CCN(Cc1ccc(C#N)cc1Cl)CC1CCNCC1. The van der Waals surface area contributed by atoms with E-state index in [2.05, 4.69) is 23.2 Å². The minimum Gasteiger partial charge on any atom is -0.317 e. The van der Waals surface area contributed by atoms with Gasteiger partial charge < -0.3 is 5.32 Å². The minimum absolute atomic E-state index is 0.625. The molecule has 3 nitrogen and oxygen atoms in total. The lowest BCUT2D eigenvalue weighted by Gasteiger charge is -2.29. The fraction of sp³-hybridized carbons (Fsp3) is 0.562. The van der Waals surface area contributed by atoms with E-state index >= 15 is 0 Å². The molecule has 108 valence electrons. The van der Waals surface area contributed by atoms with E-state index in [1.807, 2.05) is 12.1 Å². The molecule has 1 heterocycles. The van der Waals surface area contributed by atoms with Crippen molar-refractivity contribution in [2.45, 2.75) is 26.3 Å². The fourth-order valence-electron chi connectivity index (χ4n) is 2.72. The van der Waals surface area contributed by atoms with Crippen molar-refractivity contribution in [3.8, 4) is 6.07 Å². The van der Waals surface area contributed by atoms with Crippen LogP contribution in [0.15, 0.2) is 18.2 Å². The van der Waals surface area contributed by atoms with Crippen LogP contribution in [0.5, 0.6) is 0 Å². The van der Waals surface area contributed by atoms with Crippen molar-refractivity contribution in [3.63, 3.8) is 0 Å². The topological polar surface area (TPSA) is 39.1 Å². The zero-order valence-electron chi connectivity index (χ0n) is 12.0. The minimum atomic E-state index is 0.625. The molecule has 1 saturated heterocycles. The molecule has 4 heteroatoms. The first-order chi connectivity index (χ1) is 9.72. The molecule has 0 atom stereocenters. The molecule has 1 aromatic rings. The van der Waals surface area contributed by atoms with Crippen LogP contribution >= 0.6 is 11.6 Å². The first-order valence-electron chi connectivity index (χ1n) is 7.34. The molecule has 0 spiro atoms. The van der Waals surface area contributed by atoms with Gasteiger partial charge in [-0.25, -0.2) is 0 Å². The van der Waals surface area contributed by atoms with E-state index in [4.69, 9.17) is 16.9 Å². The molecule has 20 heavy (non-hydrogen) atoms. The van der Waals surface area contributed by atoms with Crippen molar-refractivity contribution in [2.24, 2.45) is 5.92 Å². The Kier molecular flexibility index (Phi) is 5.85. The molecule has 0 bridgehead atoms. The van der Waals surface area contributed by atoms with Gasteiger partial charge in [0.2, 0.25) is 0 Å². The van der Waals surface area contributed by atoms with Crippen LogP contribution in [0.1, 0.15) is 30.9 Å². The Balaban J connectivity index is 1.97. The Morgan fingerprint density at radius 3 is 2.75 bits per heavy atom. The third-order valence-corrected chi connectivity index (χ3v) is 4.35. The van der Waals surface area contributed by atoms with Gasteiger partial charge in [-0.1, -0.05) is 24.6 Å². The lowest BCUT2D eigenvalue weighted by atomic mass is 9.97. The average molecular weight is 292 g/mol. The molecule has 0 aromatic heterocycles. The summed E-state index contributed by atoms with van der Waals surface area (Å²) in [6.45, 7) is 7.50. The number of hydrogen-bond acceptors (Lipinski definition) is 3. The number of halogens is 1. The molecule has 0 unspecified atom stereocenters. The molecule has 0 amide bonds. The van der Waals surface area contributed by atoms with Crippen molar-refractivity contribution < 1.29 is 0 Å². The maximum atomic E-state index is 8.87. The summed E-state index contributed by atoms with van der Waals surface area (Å²) in [6, 6.07) is 7.71. The van der Waals surface area contributed by atoms with Crippen LogP contribution in [0.3, 0.4) is 0 Å². The standard InChI is InChI=1S/C16H22ClN3/c1-2-20(11-13-5-7-19-8-6-13)12-15-4-3-14(10-18)9-16(15)17/h3-4,9,13,19H,2,5-8,11-12H2,1H3. The molecule has 0 aliphatic carbocycles. The second kappa shape index (κ2) is 7.64. The third-order valence-electron chi connectivity index (χ3n) is 4.00. The summed E-state index contributed by atoms with van der Waals surface area (Å²) in [5.41, 5.74) is 1.74. The first-order valence-corrected chi connectivity index (χ1v) is 7.72. The summed E-state index contributed by atoms with van der Waals surface area (Å²) in [5.74, 6) is 0.786. The largest absolute Gasteiger partial charge is 0.317 e. The highest BCUT2D eigenvalue weighted by Crippen LogP contribution is 2.21. The highest BCUT2D eigenvalue weighted by Gasteiger charge is 2.17. The molecule has 0 radical (unpaired) electrons. The number of nitrogens with one attached hydrogen (secondary N) is 1. The lowest BCUT2D eigenvalue weighted by Crippen LogP contribution is -2.35. The number of benzene rings is 1. The van der Waals surface area contributed by atoms with E-state index in [-0.39, 0.29) is 0 Å². The molecule has 1 N–H and O–H groups in total. The maximum absolute atomic E-state index is 8.87. The van der Waals surface area contributed by atoms with E-state index in [1.54, 1.807) is 6.07 Å². The van der Waals surface area contributed by atoms with E-state index in [0.717, 1.165) is 44.2 Å². The van der Waals surface area contributed by atoms with Crippen LogP contribution in [-0.2, 0) is 6.54 Å². The number of rotatable bonds is 5. The summed E-state index contributed by atoms with van der Waals surface area (Å²) in [5, 5.41) is 13.0. The summed E-state index contributed by atoms with van der Waals surface area (Å²) < 4.78 is 0.